The zero-order valence-electron chi connectivity index (χ0n) is 8.67. The van der Waals surface area contributed by atoms with E-state index in [2.05, 4.69) is 31.2 Å². The molecule has 1 aromatic carbocycles. The van der Waals surface area contributed by atoms with Gasteiger partial charge in [0, 0.05) is 0 Å². The standard InChI is InChI=1S/C13H17Cl/c1-2-5-11-9-8-10-6-3-4-7-12(10)13(11)14/h3-4,6-7,11,13H,2,5,8-9H2,1H3. The summed E-state index contributed by atoms with van der Waals surface area (Å²) < 4.78 is 0. The molecular weight excluding hydrogens is 192 g/mol. The number of alkyl halides is 1. The summed E-state index contributed by atoms with van der Waals surface area (Å²) in [6.45, 7) is 2.24. The van der Waals surface area contributed by atoms with E-state index in [0.717, 1.165) is 0 Å². The van der Waals surface area contributed by atoms with E-state index < -0.39 is 0 Å². The number of hydrogen-bond acceptors (Lipinski definition) is 0. The molecule has 0 heterocycles. The van der Waals surface area contributed by atoms with Crippen molar-refractivity contribution >= 4 is 11.6 Å². The zero-order valence-corrected chi connectivity index (χ0v) is 9.43. The molecule has 0 aromatic heterocycles. The van der Waals surface area contributed by atoms with Gasteiger partial charge in [0.15, 0.2) is 0 Å². The van der Waals surface area contributed by atoms with Gasteiger partial charge in [0.1, 0.15) is 0 Å². The molecule has 0 fully saturated rings. The number of rotatable bonds is 2. The number of halogens is 1. The van der Waals surface area contributed by atoms with Crippen molar-refractivity contribution in [3.63, 3.8) is 0 Å². The van der Waals surface area contributed by atoms with Gasteiger partial charge in [-0.1, -0.05) is 37.6 Å². The minimum atomic E-state index is 0.250. The first-order valence-electron chi connectivity index (χ1n) is 5.54. The van der Waals surface area contributed by atoms with Crippen molar-refractivity contribution in [3.8, 4) is 0 Å². The molecule has 0 spiro atoms. The van der Waals surface area contributed by atoms with Crippen LogP contribution in [0, 0.1) is 5.92 Å². The molecule has 0 radical (unpaired) electrons. The Kier molecular flexibility index (Phi) is 3.12. The van der Waals surface area contributed by atoms with E-state index in [0.29, 0.717) is 5.92 Å². The van der Waals surface area contributed by atoms with Crippen LogP contribution in [0.25, 0.3) is 0 Å². The van der Waals surface area contributed by atoms with Crippen molar-refractivity contribution in [2.45, 2.75) is 38.0 Å². The Labute approximate surface area is 91.3 Å². The van der Waals surface area contributed by atoms with E-state index >= 15 is 0 Å². The number of hydrogen-bond donors (Lipinski definition) is 0. The van der Waals surface area contributed by atoms with Crippen molar-refractivity contribution in [1.29, 1.82) is 0 Å². The Morgan fingerprint density at radius 1 is 1.36 bits per heavy atom. The second-order valence-electron chi connectivity index (χ2n) is 4.19. The van der Waals surface area contributed by atoms with Gasteiger partial charge >= 0.3 is 0 Å². The third kappa shape index (κ3) is 1.81. The van der Waals surface area contributed by atoms with Crippen molar-refractivity contribution in [2.75, 3.05) is 0 Å². The van der Waals surface area contributed by atoms with E-state index in [1.165, 1.54) is 36.8 Å². The van der Waals surface area contributed by atoms with Crippen LogP contribution in [0.3, 0.4) is 0 Å². The van der Waals surface area contributed by atoms with E-state index in [1.807, 2.05) is 0 Å². The quantitative estimate of drug-likeness (QED) is 0.635. The van der Waals surface area contributed by atoms with Gasteiger partial charge in [-0.05, 0) is 36.3 Å². The fourth-order valence-electron chi connectivity index (χ4n) is 2.43. The maximum atomic E-state index is 6.49. The lowest BCUT2D eigenvalue weighted by molar-refractivity contribution is 0.410. The molecule has 1 aliphatic carbocycles. The molecule has 0 aliphatic heterocycles. The Morgan fingerprint density at radius 3 is 2.93 bits per heavy atom. The SMILES string of the molecule is CCCC1CCc2ccccc2C1Cl. The lowest BCUT2D eigenvalue weighted by atomic mass is 9.81. The maximum Gasteiger partial charge on any atom is 0.0616 e. The van der Waals surface area contributed by atoms with Crippen LogP contribution >= 0.6 is 11.6 Å². The van der Waals surface area contributed by atoms with Gasteiger partial charge in [-0.2, -0.15) is 0 Å². The molecule has 0 bridgehead atoms. The van der Waals surface area contributed by atoms with Crippen molar-refractivity contribution in [1.82, 2.24) is 0 Å². The van der Waals surface area contributed by atoms with Crippen molar-refractivity contribution in [3.05, 3.63) is 35.4 Å². The van der Waals surface area contributed by atoms with Crippen LogP contribution in [0.2, 0.25) is 0 Å². The molecule has 2 rings (SSSR count). The topological polar surface area (TPSA) is 0 Å². The summed E-state index contributed by atoms with van der Waals surface area (Å²) in [4.78, 5) is 0. The molecule has 0 saturated heterocycles. The molecule has 14 heavy (non-hydrogen) atoms. The molecule has 2 atom stereocenters. The van der Waals surface area contributed by atoms with Gasteiger partial charge in [0.2, 0.25) is 0 Å². The molecule has 0 amide bonds. The van der Waals surface area contributed by atoms with Crippen LogP contribution in [-0.4, -0.2) is 0 Å². The van der Waals surface area contributed by atoms with Gasteiger partial charge in [0.25, 0.3) is 0 Å². The maximum absolute atomic E-state index is 6.49. The Hall–Kier alpha value is -0.490. The fourth-order valence-corrected chi connectivity index (χ4v) is 2.90. The smallest absolute Gasteiger partial charge is 0.0616 e. The lowest BCUT2D eigenvalue weighted by Gasteiger charge is -2.29. The first-order chi connectivity index (χ1) is 6.83. The van der Waals surface area contributed by atoms with Crippen molar-refractivity contribution in [2.24, 2.45) is 5.92 Å². The molecule has 0 nitrogen and oxygen atoms in total. The number of benzene rings is 1. The van der Waals surface area contributed by atoms with E-state index in [1.54, 1.807) is 0 Å². The molecule has 0 saturated carbocycles. The Balaban J connectivity index is 2.22. The van der Waals surface area contributed by atoms with Crippen LogP contribution in [0.15, 0.2) is 24.3 Å². The monoisotopic (exact) mass is 208 g/mol. The van der Waals surface area contributed by atoms with Gasteiger partial charge in [-0.3, -0.25) is 0 Å². The number of fused-ring (bicyclic) bond motifs is 1. The lowest BCUT2D eigenvalue weighted by Crippen LogP contribution is -2.16. The summed E-state index contributed by atoms with van der Waals surface area (Å²) in [5, 5.41) is 0.250. The van der Waals surface area contributed by atoms with Gasteiger partial charge in [-0.25, -0.2) is 0 Å². The molecule has 1 aromatic rings. The predicted octanol–water partition coefficient (Wildman–Crippen LogP) is 4.33. The molecule has 76 valence electrons. The molecule has 0 N–H and O–H groups in total. The highest BCUT2D eigenvalue weighted by Gasteiger charge is 2.26. The predicted molar refractivity (Wildman–Crippen MR) is 61.8 cm³/mol. The second kappa shape index (κ2) is 4.35. The highest BCUT2D eigenvalue weighted by Crippen LogP contribution is 2.40. The Morgan fingerprint density at radius 2 is 2.14 bits per heavy atom. The van der Waals surface area contributed by atoms with Crippen LogP contribution in [-0.2, 0) is 6.42 Å². The summed E-state index contributed by atoms with van der Waals surface area (Å²) in [6, 6.07) is 8.62. The summed E-state index contributed by atoms with van der Waals surface area (Å²) in [5.74, 6) is 0.691. The van der Waals surface area contributed by atoms with Crippen LogP contribution in [0.4, 0.5) is 0 Å². The fraction of sp³-hybridized carbons (Fsp3) is 0.538. The zero-order chi connectivity index (χ0) is 9.97. The van der Waals surface area contributed by atoms with Crippen molar-refractivity contribution < 1.29 is 0 Å². The van der Waals surface area contributed by atoms with Gasteiger partial charge < -0.3 is 0 Å². The largest absolute Gasteiger partial charge is 0.118 e. The highest BCUT2D eigenvalue weighted by molar-refractivity contribution is 6.21. The van der Waals surface area contributed by atoms with Gasteiger partial charge in [0.05, 0.1) is 5.38 Å². The number of aryl methyl sites for hydroxylation is 1. The van der Waals surface area contributed by atoms with E-state index in [4.69, 9.17) is 11.6 Å². The average Bonchev–Trinajstić information content (AvgIpc) is 2.23. The first-order valence-corrected chi connectivity index (χ1v) is 5.98. The molecule has 1 heteroatoms. The van der Waals surface area contributed by atoms with Gasteiger partial charge in [-0.15, -0.1) is 11.6 Å². The van der Waals surface area contributed by atoms with Crippen LogP contribution in [0.5, 0.6) is 0 Å². The van der Waals surface area contributed by atoms with E-state index in [9.17, 15) is 0 Å². The van der Waals surface area contributed by atoms with E-state index in [-0.39, 0.29) is 5.38 Å². The normalized spacial score (nSPS) is 25.9. The summed E-state index contributed by atoms with van der Waals surface area (Å²) >= 11 is 6.49. The molecular formula is C13H17Cl. The minimum Gasteiger partial charge on any atom is -0.118 e. The average molecular weight is 209 g/mol. The third-order valence-electron chi connectivity index (χ3n) is 3.21. The molecule has 1 aliphatic rings. The minimum absolute atomic E-state index is 0.250. The molecule has 2 unspecified atom stereocenters. The summed E-state index contributed by atoms with van der Waals surface area (Å²) in [6.07, 6.45) is 4.99. The van der Waals surface area contributed by atoms with Crippen LogP contribution < -0.4 is 0 Å². The Bertz CT molecular complexity index is 306. The van der Waals surface area contributed by atoms with Crippen LogP contribution in [0.1, 0.15) is 42.7 Å². The summed E-state index contributed by atoms with van der Waals surface area (Å²) in [7, 11) is 0. The third-order valence-corrected chi connectivity index (χ3v) is 3.80. The second-order valence-corrected chi connectivity index (χ2v) is 4.66. The summed E-state index contributed by atoms with van der Waals surface area (Å²) in [5.41, 5.74) is 2.83. The highest BCUT2D eigenvalue weighted by atomic mass is 35.5. The first kappa shape index (κ1) is 10.0.